The van der Waals surface area contributed by atoms with E-state index in [1.165, 1.54) is 0 Å². The molecule has 0 aromatic heterocycles. The van der Waals surface area contributed by atoms with Crippen molar-refractivity contribution in [3.8, 4) is 11.5 Å². The van der Waals surface area contributed by atoms with E-state index >= 15 is 0 Å². The lowest BCUT2D eigenvalue weighted by Crippen LogP contribution is -2.41. The first-order chi connectivity index (χ1) is 15.1. The maximum atomic E-state index is 12.4. The van der Waals surface area contributed by atoms with Crippen molar-refractivity contribution in [3.63, 3.8) is 0 Å². The van der Waals surface area contributed by atoms with Gasteiger partial charge in [-0.3, -0.25) is 4.79 Å². The van der Waals surface area contributed by atoms with E-state index in [1.54, 1.807) is 0 Å². The maximum absolute atomic E-state index is 12.4. The highest BCUT2D eigenvalue weighted by Gasteiger charge is 2.17. The lowest BCUT2D eigenvalue weighted by Gasteiger charge is -2.26. The minimum absolute atomic E-state index is 0.146. The molecule has 1 N–H and O–H groups in total. The molecule has 31 heavy (non-hydrogen) atoms. The number of benzene rings is 2. The molecule has 0 saturated carbocycles. The van der Waals surface area contributed by atoms with Gasteiger partial charge in [0, 0.05) is 25.3 Å². The summed E-state index contributed by atoms with van der Waals surface area (Å²) in [6.45, 7) is 8.31. The van der Waals surface area contributed by atoms with Crippen LogP contribution in [0.3, 0.4) is 0 Å². The summed E-state index contributed by atoms with van der Waals surface area (Å²) in [6.07, 6.45) is 1.31. The van der Waals surface area contributed by atoms with Crippen LogP contribution in [-0.4, -0.2) is 50.3 Å². The van der Waals surface area contributed by atoms with Crippen LogP contribution in [0, 0.1) is 0 Å². The number of amides is 1. The van der Waals surface area contributed by atoms with Crippen molar-refractivity contribution in [3.05, 3.63) is 52.5 Å². The van der Waals surface area contributed by atoms with Crippen molar-refractivity contribution in [1.29, 1.82) is 0 Å². The number of hydrogen-bond acceptors (Lipinski definition) is 5. The van der Waals surface area contributed by atoms with Gasteiger partial charge in [-0.25, -0.2) is 0 Å². The predicted octanol–water partition coefficient (Wildman–Crippen LogP) is 4.54. The Kier molecular flexibility index (Phi) is 8.85. The maximum Gasteiger partial charge on any atom is 0.227 e. The van der Waals surface area contributed by atoms with Gasteiger partial charge in [-0.15, -0.1) is 0 Å². The van der Waals surface area contributed by atoms with Gasteiger partial charge >= 0.3 is 0 Å². The quantitative estimate of drug-likeness (QED) is 0.580. The summed E-state index contributed by atoms with van der Waals surface area (Å²) in [5.74, 6) is 1.41. The van der Waals surface area contributed by atoms with Gasteiger partial charge in [0.05, 0.1) is 37.9 Å². The van der Waals surface area contributed by atoms with Crippen LogP contribution in [0.25, 0.3) is 0 Å². The molecule has 1 heterocycles. The number of rotatable bonds is 10. The fourth-order valence-electron chi connectivity index (χ4n) is 3.37. The molecule has 3 rings (SSSR count). The zero-order valence-corrected chi connectivity index (χ0v) is 19.0. The summed E-state index contributed by atoms with van der Waals surface area (Å²) in [4.78, 5) is 14.3. The lowest BCUT2D eigenvalue weighted by molar-refractivity contribution is -0.134. The number of halogens is 1. The number of ether oxygens (including phenoxy) is 3. The summed E-state index contributed by atoms with van der Waals surface area (Å²) in [5.41, 5.74) is 2.98. The molecule has 1 saturated heterocycles. The molecule has 1 amide bonds. The molecule has 2 aromatic carbocycles. The average molecular weight is 447 g/mol. The van der Waals surface area contributed by atoms with E-state index in [-0.39, 0.29) is 5.91 Å². The topological polar surface area (TPSA) is 60.0 Å². The third-order valence-electron chi connectivity index (χ3n) is 4.99. The molecule has 0 bridgehead atoms. The van der Waals surface area contributed by atoms with Gasteiger partial charge in [-0.1, -0.05) is 30.7 Å². The van der Waals surface area contributed by atoms with Crippen LogP contribution >= 0.6 is 11.6 Å². The van der Waals surface area contributed by atoms with Crippen molar-refractivity contribution in [2.45, 2.75) is 33.2 Å². The average Bonchev–Trinajstić information content (AvgIpc) is 2.79. The van der Waals surface area contributed by atoms with Crippen LogP contribution in [0.15, 0.2) is 36.4 Å². The third-order valence-corrected chi connectivity index (χ3v) is 5.27. The predicted molar refractivity (Wildman–Crippen MR) is 123 cm³/mol. The number of morpholine rings is 1. The minimum Gasteiger partial charge on any atom is -0.490 e. The Morgan fingerprint density at radius 2 is 1.84 bits per heavy atom. The number of hydrogen-bond donors (Lipinski definition) is 1. The van der Waals surface area contributed by atoms with Gasteiger partial charge in [-0.05, 0) is 48.7 Å². The Balaban J connectivity index is 1.58. The van der Waals surface area contributed by atoms with Crippen LogP contribution in [0.2, 0.25) is 5.02 Å². The summed E-state index contributed by atoms with van der Waals surface area (Å²) >= 11 is 6.44. The van der Waals surface area contributed by atoms with Crippen molar-refractivity contribution < 1.29 is 19.0 Å². The number of nitrogens with one attached hydrogen (secondary N) is 1. The van der Waals surface area contributed by atoms with Crippen LogP contribution in [0.1, 0.15) is 31.4 Å². The number of carbonyl (C=O) groups is 1. The van der Waals surface area contributed by atoms with Gasteiger partial charge in [0.25, 0.3) is 0 Å². The highest BCUT2D eigenvalue weighted by atomic mass is 35.5. The Morgan fingerprint density at radius 3 is 2.52 bits per heavy atom. The Hall–Kier alpha value is -2.44. The molecule has 0 radical (unpaired) electrons. The molecule has 1 fully saturated rings. The smallest absolute Gasteiger partial charge is 0.227 e. The van der Waals surface area contributed by atoms with E-state index in [0.717, 1.165) is 23.2 Å². The zero-order chi connectivity index (χ0) is 22.1. The highest BCUT2D eigenvalue weighted by molar-refractivity contribution is 6.32. The van der Waals surface area contributed by atoms with E-state index in [2.05, 4.69) is 12.2 Å². The van der Waals surface area contributed by atoms with Crippen molar-refractivity contribution in [2.24, 2.45) is 0 Å². The third kappa shape index (κ3) is 6.77. The number of carbonyl (C=O) groups excluding carboxylic acids is 1. The molecular formula is C24H31ClN2O4. The normalized spacial score (nSPS) is 13.7. The standard InChI is InChI=1S/C24H31ClN2O4/c1-3-11-31-24-21(25)14-19(15-22(24)30-4-2)17-26-20-7-5-18(6-8-20)16-23(28)27-9-12-29-13-10-27/h5-8,14-15,26H,3-4,9-13,16-17H2,1-2H3. The second-order valence-corrected chi connectivity index (χ2v) is 7.81. The van der Waals surface area contributed by atoms with E-state index in [9.17, 15) is 4.79 Å². The first-order valence-corrected chi connectivity index (χ1v) is 11.2. The molecule has 0 spiro atoms. The van der Waals surface area contributed by atoms with Crippen molar-refractivity contribution in [1.82, 2.24) is 4.90 Å². The molecule has 0 atom stereocenters. The van der Waals surface area contributed by atoms with E-state index in [0.29, 0.717) is 69.0 Å². The van der Waals surface area contributed by atoms with Gasteiger partial charge in [0.15, 0.2) is 11.5 Å². The second kappa shape index (κ2) is 11.8. The molecule has 0 aliphatic carbocycles. The molecular weight excluding hydrogens is 416 g/mol. The largest absolute Gasteiger partial charge is 0.490 e. The van der Waals surface area contributed by atoms with Crippen molar-refractivity contribution >= 4 is 23.2 Å². The summed E-state index contributed by atoms with van der Waals surface area (Å²) in [5, 5.41) is 3.95. The SMILES string of the molecule is CCCOc1c(Cl)cc(CNc2ccc(CC(=O)N3CCOCC3)cc2)cc1OCC. The Morgan fingerprint density at radius 1 is 1.10 bits per heavy atom. The monoisotopic (exact) mass is 446 g/mol. The van der Waals surface area contributed by atoms with Crippen LogP contribution in [-0.2, 0) is 22.5 Å². The van der Waals surface area contributed by atoms with Crippen LogP contribution in [0.4, 0.5) is 5.69 Å². The summed E-state index contributed by atoms with van der Waals surface area (Å²) in [7, 11) is 0. The molecule has 6 nitrogen and oxygen atoms in total. The second-order valence-electron chi connectivity index (χ2n) is 7.41. The first-order valence-electron chi connectivity index (χ1n) is 10.9. The Labute approximate surface area is 189 Å². The molecule has 0 unspecified atom stereocenters. The molecule has 1 aliphatic heterocycles. The van der Waals surface area contributed by atoms with Crippen molar-refractivity contribution in [2.75, 3.05) is 44.8 Å². The van der Waals surface area contributed by atoms with Crippen LogP contribution in [0.5, 0.6) is 11.5 Å². The van der Waals surface area contributed by atoms with Gasteiger partial charge in [0.2, 0.25) is 5.91 Å². The Bertz CT molecular complexity index is 851. The van der Waals surface area contributed by atoms with E-state index < -0.39 is 0 Å². The lowest BCUT2D eigenvalue weighted by atomic mass is 10.1. The van der Waals surface area contributed by atoms with Gasteiger partial charge < -0.3 is 24.4 Å². The molecule has 7 heteroatoms. The van der Waals surface area contributed by atoms with Gasteiger partial charge in [-0.2, -0.15) is 0 Å². The molecule has 1 aliphatic rings. The first kappa shape index (κ1) is 23.2. The van der Waals surface area contributed by atoms with E-state index in [1.807, 2.05) is 48.2 Å². The summed E-state index contributed by atoms with van der Waals surface area (Å²) in [6, 6.07) is 11.8. The number of nitrogens with zero attached hydrogens (tertiary/aromatic N) is 1. The summed E-state index contributed by atoms with van der Waals surface area (Å²) < 4.78 is 16.8. The highest BCUT2D eigenvalue weighted by Crippen LogP contribution is 2.37. The zero-order valence-electron chi connectivity index (χ0n) is 18.3. The fourth-order valence-corrected chi connectivity index (χ4v) is 3.66. The molecule has 168 valence electrons. The van der Waals surface area contributed by atoms with E-state index in [4.69, 9.17) is 25.8 Å². The molecule has 2 aromatic rings. The number of anilines is 1. The minimum atomic E-state index is 0.146. The van der Waals surface area contributed by atoms with Crippen LogP contribution < -0.4 is 14.8 Å². The fraction of sp³-hybridized carbons (Fsp3) is 0.458. The van der Waals surface area contributed by atoms with Gasteiger partial charge in [0.1, 0.15) is 0 Å².